The van der Waals surface area contributed by atoms with E-state index in [0.29, 0.717) is 12.0 Å². The third-order valence-electron chi connectivity index (χ3n) is 5.51. The summed E-state index contributed by atoms with van der Waals surface area (Å²) in [7, 11) is 0. The maximum atomic E-state index is 11.8. The van der Waals surface area contributed by atoms with Gasteiger partial charge in [-0.3, -0.25) is 4.79 Å². The molecule has 96 valence electrons. The van der Waals surface area contributed by atoms with Crippen molar-refractivity contribution in [3.05, 3.63) is 0 Å². The third kappa shape index (κ3) is 2.00. The number of hydrogen-bond donors (Lipinski definition) is 0. The fourth-order valence-electron chi connectivity index (χ4n) is 4.46. The van der Waals surface area contributed by atoms with Crippen LogP contribution in [0.4, 0.5) is 0 Å². The lowest BCUT2D eigenvalue weighted by atomic mass is 9.65. The van der Waals surface area contributed by atoms with Crippen LogP contribution in [0.15, 0.2) is 0 Å². The van der Waals surface area contributed by atoms with E-state index in [1.807, 2.05) is 6.92 Å². The minimum atomic E-state index is 0.0850. The van der Waals surface area contributed by atoms with Crippen molar-refractivity contribution in [1.82, 2.24) is 0 Å². The van der Waals surface area contributed by atoms with Gasteiger partial charge in [-0.25, -0.2) is 0 Å². The Morgan fingerprint density at radius 3 is 2.71 bits per heavy atom. The first-order chi connectivity index (χ1) is 8.25. The Morgan fingerprint density at radius 2 is 1.94 bits per heavy atom. The first kappa shape index (κ1) is 11.6. The van der Waals surface area contributed by atoms with Crippen molar-refractivity contribution in [2.45, 2.75) is 58.3 Å². The van der Waals surface area contributed by atoms with Crippen molar-refractivity contribution in [2.24, 2.45) is 23.2 Å². The zero-order chi connectivity index (χ0) is 11.9. The highest BCUT2D eigenvalue weighted by Crippen LogP contribution is 2.65. The molecule has 3 aliphatic carbocycles. The molecule has 0 radical (unpaired) electrons. The largest absolute Gasteiger partial charge is 0.466 e. The summed E-state index contributed by atoms with van der Waals surface area (Å²) in [5, 5.41) is 0. The van der Waals surface area contributed by atoms with Crippen LogP contribution in [0.1, 0.15) is 58.3 Å². The van der Waals surface area contributed by atoms with Gasteiger partial charge in [-0.1, -0.05) is 25.7 Å². The van der Waals surface area contributed by atoms with Gasteiger partial charge < -0.3 is 4.74 Å². The minimum Gasteiger partial charge on any atom is -0.466 e. The normalized spacial score (nSPS) is 44.2. The van der Waals surface area contributed by atoms with Gasteiger partial charge in [-0.05, 0) is 49.9 Å². The summed E-state index contributed by atoms with van der Waals surface area (Å²) in [4.78, 5) is 11.8. The number of fused-ring (bicyclic) bond motifs is 1. The van der Waals surface area contributed by atoms with Crippen LogP contribution in [0, 0.1) is 23.2 Å². The fourth-order valence-corrected chi connectivity index (χ4v) is 4.46. The van der Waals surface area contributed by atoms with Gasteiger partial charge in [0.25, 0.3) is 0 Å². The zero-order valence-electron chi connectivity index (χ0n) is 10.9. The summed E-state index contributed by atoms with van der Waals surface area (Å²) in [6, 6.07) is 0. The quantitative estimate of drug-likeness (QED) is 0.685. The molecule has 0 saturated heterocycles. The van der Waals surface area contributed by atoms with Crippen molar-refractivity contribution >= 4 is 5.97 Å². The summed E-state index contributed by atoms with van der Waals surface area (Å²) in [5.74, 6) is 2.25. The summed E-state index contributed by atoms with van der Waals surface area (Å²) in [6.45, 7) is 2.45. The molecule has 0 aromatic carbocycles. The summed E-state index contributed by atoms with van der Waals surface area (Å²) in [6.07, 6.45) is 10.8. The average molecular weight is 236 g/mol. The van der Waals surface area contributed by atoms with Crippen LogP contribution < -0.4 is 0 Å². The second-order valence-electron chi connectivity index (χ2n) is 6.42. The highest BCUT2D eigenvalue weighted by molar-refractivity contribution is 5.77. The molecule has 0 bridgehead atoms. The van der Waals surface area contributed by atoms with Gasteiger partial charge in [0, 0.05) is 0 Å². The van der Waals surface area contributed by atoms with E-state index in [1.54, 1.807) is 0 Å². The lowest BCUT2D eigenvalue weighted by Gasteiger charge is -2.40. The van der Waals surface area contributed by atoms with Gasteiger partial charge >= 0.3 is 5.97 Å². The highest BCUT2D eigenvalue weighted by Gasteiger charge is 2.61. The number of esters is 1. The van der Waals surface area contributed by atoms with E-state index >= 15 is 0 Å². The molecule has 0 aromatic rings. The van der Waals surface area contributed by atoms with E-state index in [0.717, 1.165) is 18.3 Å². The van der Waals surface area contributed by atoms with E-state index in [-0.39, 0.29) is 11.9 Å². The monoisotopic (exact) mass is 236 g/mol. The molecular formula is C15H24O2. The van der Waals surface area contributed by atoms with Gasteiger partial charge in [0.2, 0.25) is 0 Å². The second kappa shape index (κ2) is 4.29. The summed E-state index contributed by atoms with van der Waals surface area (Å²) < 4.78 is 5.19. The number of carbonyl (C=O) groups excluding carboxylic acids is 1. The molecular weight excluding hydrogens is 212 g/mol. The Morgan fingerprint density at radius 1 is 1.18 bits per heavy atom. The van der Waals surface area contributed by atoms with E-state index in [4.69, 9.17) is 4.74 Å². The standard InChI is InChI=1S/C15H24O2/c1-2-17-14(16)13-10-15(13)8-7-11-5-3-4-6-12(11)9-15/h11-13H,2-10H2,1H3. The summed E-state index contributed by atoms with van der Waals surface area (Å²) in [5.41, 5.74) is 0.380. The number of hydrogen-bond acceptors (Lipinski definition) is 2. The fraction of sp³-hybridized carbons (Fsp3) is 0.933. The third-order valence-corrected chi connectivity index (χ3v) is 5.51. The van der Waals surface area contributed by atoms with E-state index in [9.17, 15) is 4.79 Å². The molecule has 3 saturated carbocycles. The molecule has 1 spiro atoms. The van der Waals surface area contributed by atoms with Crippen molar-refractivity contribution in [3.63, 3.8) is 0 Å². The van der Waals surface area contributed by atoms with Crippen molar-refractivity contribution in [1.29, 1.82) is 0 Å². The smallest absolute Gasteiger partial charge is 0.309 e. The lowest BCUT2D eigenvalue weighted by molar-refractivity contribution is -0.146. The molecule has 3 fully saturated rings. The molecule has 2 heteroatoms. The molecule has 2 nitrogen and oxygen atoms in total. The highest BCUT2D eigenvalue weighted by atomic mass is 16.5. The summed E-state index contributed by atoms with van der Waals surface area (Å²) >= 11 is 0. The van der Waals surface area contributed by atoms with E-state index in [2.05, 4.69) is 0 Å². The predicted octanol–water partition coefficient (Wildman–Crippen LogP) is 3.55. The number of ether oxygens (including phenoxy) is 1. The van der Waals surface area contributed by atoms with Gasteiger partial charge in [-0.2, -0.15) is 0 Å². The predicted molar refractivity (Wildman–Crippen MR) is 66.5 cm³/mol. The van der Waals surface area contributed by atoms with E-state index in [1.165, 1.54) is 44.9 Å². The zero-order valence-corrected chi connectivity index (χ0v) is 10.9. The Hall–Kier alpha value is -0.530. The van der Waals surface area contributed by atoms with Crippen LogP contribution in [0.3, 0.4) is 0 Å². The van der Waals surface area contributed by atoms with Gasteiger partial charge in [0.05, 0.1) is 12.5 Å². The van der Waals surface area contributed by atoms with Crippen LogP contribution in [0.25, 0.3) is 0 Å². The maximum absolute atomic E-state index is 11.8. The van der Waals surface area contributed by atoms with Crippen molar-refractivity contribution in [3.8, 4) is 0 Å². The number of carbonyl (C=O) groups is 1. The minimum absolute atomic E-state index is 0.0850. The van der Waals surface area contributed by atoms with Gasteiger partial charge in [0.1, 0.15) is 0 Å². The first-order valence-electron chi connectivity index (χ1n) is 7.42. The SMILES string of the molecule is CCOC(=O)C1CC12CCC1CCCCC1C2. The van der Waals surface area contributed by atoms with Crippen LogP contribution >= 0.6 is 0 Å². The lowest BCUT2D eigenvalue weighted by Crippen LogP contribution is -2.30. The Kier molecular flexibility index (Phi) is 2.92. The van der Waals surface area contributed by atoms with Crippen LogP contribution in [-0.4, -0.2) is 12.6 Å². The Bertz CT molecular complexity index is 312. The topological polar surface area (TPSA) is 26.3 Å². The van der Waals surface area contributed by atoms with Crippen molar-refractivity contribution in [2.75, 3.05) is 6.61 Å². The molecule has 0 N–H and O–H groups in total. The molecule has 3 rings (SSSR count). The Balaban J connectivity index is 1.61. The Labute approximate surface area is 104 Å². The molecule has 0 aliphatic heterocycles. The van der Waals surface area contributed by atoms with Crippen LogP contribution in [-0.2, 0) is 9.53 Å². The second-order valence-corrected chi connectivity index (χ2v) is 6.42. The molecule has 4 unspecified atom stereocenters. The van der Waals surface area contributed by atoms with Crippen LogP contribution in [0.2, 0.25) is 0 Å². The molecule has 17 heavy (non-hydrogen) atoms. The molecule has 4 atom stereocenters. The molecule has 0 heterocycles. The van der Waals surface area contributed by atoms with Gasteiger partial charge in [0.15, 0.2) is 0 Å². The van der Waals surface area contributed by atoms with Crippen LogP contribution in [0.5, 0.6) is 0 Å². The average Bonchev–Trinajstić information content (AvgIpc) is 3.03. The molecule has 0 amide bonds. The van der Waals surface area contributed by atoms with Crippen molar-refractivity contribution < 1.29 is 9.53 Å². The number of rotatable bonds is 2. The van der Waals surface area contributed by atoms with E-state index < -0.39 is 0 Å². The first-order valence-corrected chi connectivity index (χ1v) is 7.42. The molecule has 3 aliphatic rings. The molecule has 0 aromatic heterocycles. The van der Waals surface area contributed by atoms with Gasteiger partial charge in [-0.15, -0.1) is 0 Å². The maximum Gasteiger partial charge on any atom is 0.309 e.